The largest absolute Gasteiger partial charge is 0.486 e. The maximum atomic E-state index is 12.9. The van der Waals surface area contributed by atoms with Gasteiger partial charge in [0.2, 0.25) is 12.3 Å². The van der Waals surface area contributed by atoms with Crippen LogP contribution in [0.3, 0.4) is 0 Å². The molecule has 1 aromatic heterocycles. The number of hydroxylamine groups is 2. The lowest BCUT2D eigenvalue weighted by Gasteiger charge is -2.19. The van der Waals surface area contributed by atoms with Crippen LogP contribution in [-0.2, 0) is 22.7 Å². The number of benzene rings is 1. The SMILES string of the molecule is CCCCC1CN(Cc2ccc(OCc3ccco3)cc2)C(=O)C1CN(O)C=O. The topological polar surface area (TPSA) is 83.2 Å². The zero-order chi connectivity index (χ0) is 20.6. The first-order valence-electron chi connectivity index (χ1n) is 10.0. The minimum atomic E-state index is -0.354. The molecule has 0 spiro atoms. The minimum Gasteiger partial charge on any atom is -0.486 e. The molecular formula is C22H28N2O5. The summed E-state index contributed by atoms with van der Waals surface area (Å²) in [6.45, 7) is 3.68. The maximum Gasteiger partial charge on any atom is 0.233 e. The van der Waals surface area contributed by atoms with Crippen molar-refractivity contribution in [2.75, 3.05) is 13.1 Å². The number of rotatable bonds is 11. The number of ether oxygens (including phenoxy) is 1. The van der Waals surface area contributed by atoms with Gasteiger partial charge in [-0.25, -0.2) is 5.06 Å². The summed E-state index contributed by atoms with van der Waals surface area (Å²) in [4.78, 5) is 25.5. The number of carbonyl (C=O) groups is 2. The van der Waals surface area contributed by atoms with E-state index in [1.54, 1.807) is 6.26 Å². The van der Waals surface area contributed by atoms with Gasteiger partial charge in [-0.2, -0.15) is 0 Å². The smallest absolute Gasteiger partial charge is 0.233 e. The molecule has 2 atom stereocenters. The van der Waals surface area contributed by atoms with Crippen LogP contribution in [0.1, 0.15) is 37.5 Å². The molecule has 2 heterocycles. The molecule has 0 bridgehead atoms. The third-order valence-electron chi connectivity index (χ3n) is 5.34. The molecule has 29 heavy (non-hydrogen) atoms. The molecular weight excluding hydrogens is 372 g/mol. The Balaban J connectivity index is 1.59. The van der Waals surface area contributed by atoms with Crippen LogP contribution in [-0.4, -0.2) is 40.6 Å². The van der Waals surface area contributed by atoms with Gasteiger partial charge < -0.3 is 14.1 Å². The van der Waals surface area contributed by atoms with Crippen molar-refractivity contribution < 1.29 is 24.0 Å². The predicted octanol–water partition coefficient (Wildman–Crippen LogP) is 3.47. The summed E-state index contributed by atoms with van der Waals surface area (Å²) in [5, 5.41) is 10.2. The van der Waals surface area contributed by atoms with Crippen LogP contribution in [0.15, 0.2) is 47.1 Å². The van der Waals surface area contributed by atoms with Gasteiger partial charge >= 0.3 is 0 Å². The predicted molar refractivity (Wildman–Crippen MR) is 106 cm³/mol. The quantitative estimate of drug-likeness (QED) is 0.355. The Labute approximate surface area is 170 Å². The van der Waals surface area contributed by atoms with E-state index in [1.807, 2.05) is 41.3 Å². The van der Waals surface area contributed by atoms with E-state index >= 15 is 0 Å². The van der Waals surface area contributed by atoms with Gasteiger partial charge in [0.1, 0.15) is 18.1 Å². The maximum absolute atomic E-state index is 12.9. The van der Waals surface area contributed by atoms with Crippen molar-refractivity contribution in [3.05, 3.63) is 54.0 Å². The number of carbonyl (C=O) groups excluding carboxylic acids is 2. The first-order valence-corrected chi connectivity index (χ1v) is 10.0. The summed E-state index contributed by atoms with van der Waals surface area (Å²) >= 11 is 0. The highest BCUT2D eigenvalue weighted by Gasteiger charge is 2.40. The fourth-order valence-corrected chi connectivity index (χ4v) is 3.77. The second-order valence-electron chi connectivity index (χ2n) is 7.47. The zero-order valence-electron chi connectivity index (χ0n) is 16.7. The Hall–Kier alpha value is -2.80. The van der Waals surface area contributed by atoms with E-state index in [1.165, 1.54) is 0 Å². The third kappa shape index (κ3) is 5.60. The van der Waals surface area contributed by atoms with E-state index in [2.05, 4.69) is 6.92 Å². The van der Waals surface area contributed by atoms with Crippen molar-refractivity contribution in [2.24, 2.45) is 11.8 Å². The molecule has 3 rings (SSSR count). The van der Waals surface area contributed by atoms with Gasteiger partial charge in [0.15, 0.2) is 0 Å². The van der Waals surface area contributed by atoms with Gasteiger partial charge in [-0.3, -0.25) is 14.8 Å². The van der Waals surface area contributed by atoms with Crippen LogP contribution in [0.4, 0.5) is 0 Å². The second-order valence-corrected chi connectivity index (χ2v) is 7.47. The summed E-state index contributed by atoms with van der Waals surface area (Å²) in [7, 11) is 0. The lowest BCUT2D eigenvalue weighted by atomic mass is 9.90. The van der Waals surface area contributed by atoms with E-state index in [4.69, 9.17) is 9.15 Å². The molecule has 1 aliphatic rings. The summed E-state index contributed by atoms with van der Waals surface area (Å²) in [5.41, 5.74) is 1.01. The van der Waals surface area contributed by atoms with E-state index in [-0.39, 0.29) is 24.3 Å². The molecule has 2 amide bonds. The molecule has 7 heteroatoms. The fourth-order valence-electron chi connectivity index (χ4n) is 3.77. The molecule has 0 saturated carbocycles. The number of hydrogen-bond donors (Lipinski definition) is 1. The van der Waals surface area contributed by atoms with Crippen molar-refractivity contribution >= 4 is 12.3 Å². The molecule has 2 aromatic rings. The number of likely N-dealkylation sites (tertiary alicyclic amines) is 1. The van der Waals surface area contributed by atoms with Crippen molar-refractivity contribution in [1.29, 1.82) is 0 Å². The van der Waals surface area contributed by atoms with Crippen LogP contribution in [0.5, 0.6) is 5.75 Å². The summed E-state index contributed by atoms with van der Waals surface area (Å²) in [6, 6.07) is 11.3. The minimum absolute atomic E-state index is 0.00912. The Kier molecular flexibility index (Phi) is 7.30. The molecule has 0 aliphatic carbocycles. The average Bonchev–Trinajstić information content (AvgIpc) is 3.35. The van der Waals surface area contributed by atoms with Gasteiger partial charge in [-0.1, -0.05) is 31.9 Å². The van der Waals surface area contributed by atoms with Crippen LogP contribution in [0, 0.1) is 11.8 Å². The molecule has 1 aliphatic heterocycles. The van der Waals surface area contributed by atoms with Crippen LogP contribution >= 0.6 is 0 Å². The van der Waals surface area contributed by atoms with E-state index in [9.17, 15) is 14.8 Å². The molecule has 0 radical (unpaired) electrons. The Morgan fingerprint density at radius 2 is 2.10 bits per heavy atom. The number of hydrogen-bond acceptors (Lipinski definition) is 5. The van der Waals surface area contributed by atoms with Crippen LogP contribution in [0.25, 0.3) is 0 Å². The van der Waals surface area contributed by atoms with Crippen LogP contribution < -0.4 is 4.74 Å². The first-order chi connectivity index (χ1) is 14.1. The molecule has 7 nitrogen and oxygen atoms in total. The highest BCUT2D eigenvalue weighted by Crippen LogP contribution is 2.31. The molecule has 1 N–H and O–H groups in total. The van der Waals surface area contributed by atoms with Crippen LogP contribution in [0.2, 0.25) is 0 Å². The Morgan fingerprint density at radius 3 is 2.76 bits per heavy atom. The molecule has 1 saturated heterocycles. The Bertz CT molecular complexity index is 775. The van der Waals surface area contributed by atoms with Gasteiger partial charge in [0, 0.05) is 13.1 Å². The van der Waals surface area contributed by atoms with E-state index < -0.39 is 0 Å². The van der Waals surface area contributed by atoms with Gasteiger partial charge in [0.05, 0.1) is 18.7 Å². The highest BCUT2D eigenvalue weighted by molar-refractivity contribution is 5.81. The number of unbranched alkanes of at least 4 members (excludes halogenated alkanes) is 1. The lowest BCUT2D eigenvalue weighted by molar-refractivity contribution is -0.155. The summed E-state index contributed by atoms with van der Waals surface area (Å²) in [5.74, 6) is 1.28. The van der Waals surface area contributed by atoms with E-state index in [0.29, 0.717) is 31.2 Å². The lowest BCUT2D eigenvalue weighted by Crippen LogP contribution is -2.33. The monoisotopic (exact) mass is 400 g/mol. The molecule has 2 unspecified atom stereocenters. The van der Waals surface area contributed by atoms with E-state index in [0.717, 1.165) is 36.3 Å². The summed E-state index contributed by atoms with van der Waals surface area (Å²) in [6.07, 6.45) is 4.95. The van der Waals surface area contributed by atoms with Crippen molar-refractivity contribution in [2.45, 2.75) is 39.3 Å². The third-order valence-corrected chi connectivity index (χ3v) is 5.34. The van der Waals surface area contributed by atoms with Crippen molar-refractivity contribution in [3.63, 3.8) is 0 Å². The normalized spacial score (nSPS) is 18.8. The summed E-state index contributed by atoms with van der Waals surface area (Å²) < 4.78 is 10.9. The average molecular weight is 400 g/mol. The molecule has 156 valence electrons. The van der Waals surface area contributed by atoms with Crippen molar-refractivity contribution in [1.82, 2.24) is 9.96 Å². The van der Waals surface area contributed by atoms with Gasteiger partial charge in [-0.15, -0.1) is 0 Å². The first kappa shape index (κ1) is 20.9. The Morgan fingerprint density at radius 1 is 1.31 bits per heavy atom. The number of amides is 2. The van der Waals surface area contributed by atoms with Gasteiger partial charge in [0.25, 0.3) is 0 Å². The fraction of sp³-hybridized carbons (Fsp3) is 0.455. The zero-order valence-corrected chi connectivity index (χ0v) is 16.7. The molecule has 1 aromatic carbocycles. The standard InChI is InChI=1S/C22H28N2O5/c1-2-3-5-18-13-23(22(26)21(18)14-24(27)16-25)12-17-7-9-19(10-8-17)29-15-20-6-4-11-28-20/h4,6-11,16,18,21,27H,2-3,5,12-15H2,1H3. The van der Waals surface area contributed by atoms with Crippen molar-refractivity contribution in [3.8, 4) is 5.75 Å². The second kappa shape index (κ2) is 10.1. The number of furan rings is 1. The molecule has 1 fully saturated rings. The number of nitrogens with zero attached hydrogens (tertiary/aromatic N) is 2. The van der Waals surface area contributed by atoms with Gasteiger partial charge in [-0.05, 0) is 42.2 Å². The highest BCUT2D eigenvalue weighted by atomic mass is 16.5.